The zero-order valence-corrected chi connectivity index (χ0v) is 13.9. The molecule has 0 bridgehead atoms. The fourth-order valence-electron chi connectivity index (χ4n) is 2.36. The van der Waals surface area contributed by atoms with Crippen LogP contribution in [-0.4, -0.2) is 17.8 Å². The molecule has 0 aliphatic heterocycles. The second kappa shape index (κ2) is 8.63. The van der Waals surface area contributed by atoms with Gasteiger partial charge >= 0.3 is 0 Å². The minimum Gasteiger partial charge on any atom is -0.550 e. The van der Waals surface area contributed by atoms with E-state index in [9.17, 15) is 19.5 Å². The fraction of sp³-hybridized carbons (Fsp3) is 0.211. The van der Waals surface area contributed by atoms with Gasteiger partial charge in [0.15, 0.2) is 0 Å². The van der Waals surface area contributed by atoms with Crippen LogP contribution in [0.25, 0.3) is 0 Å². The van der Waals surface area contributed by atoms with E-state index >= 15 is 0 Å². The standard InChI is InChI=1S/C19H20N2O4/c1-2-13-7-3-5-9-15(13)21-19(25)14-8-4-6-10-16(14)20-17(22)11-12-18(23)24/h3-10H,2,11-12H2,1H3,(H,20,22)(H,21,25)(H,23,24)/p-1. The zero-order chi connectivity index (χ0) is 18.2. The monoisotopic (exact) mass is 339 g/mol. The van der Waals surface area contributed by atoms with Gasteiger partial charge in [-0.25, -0.2) is 0 Å². The topological polar surface area (TPSA) is 98.3 Å². The molecule has 2 aromatic rings. The summed E-state index contributed by atoms with van der Waals surface area (Å²) >= 11 is 0. The third-order valence-corrected chi connectivity index (χ3v) is 3.65. The van der Waals surface area contributed by atoms with Crippen LogP contribution in [0.4, 0.5) is 11.4 Å². The molecule has 25 heavy (non-hydrogen) atoms. The van der Waals surface area contributed by atoms with E-state index in [1.807, 2.05) is 31.2 Å². The Kier molecular flexibility index (Phi) is 6.28. The second-order valence-corrected chi connectivity index (χ2v) is 5.43. The van der Waals surface area contributed by atoms with E-state index in [1.54, 1.807) is 24.3 Å². The number of rotatable bonds is 7. The first-order chi connectivity index (χ1) is 12.0. The van der Waals surface area contributed by atoms with E-state index in [-0.39, 0.29) is 18.7 Å². The molecule has 0 unspecified atom stereocenters. The SMILES string of the molecule is CCc1ccccc1NC(=O)c1ccccc1NC(=O)CCC(=O)[O-]. The van der Waals surface area contributed by atoms with Gasteiger partial charge in [0.05, 0.1) is 11.3 Å². The molecule has 0 aliphatic rings. The van der Waals surface area contributed by atoms with Gasteiger partial charge in [0.25, 0.3) is 5.91 Å². The third-order valence-electron chi connectivity index (χ3n) is 3.65. The van der Waals surface area contributed by atoms with Gasteiger partial charge in [0, 0.05) is 18.1 Å². The normalized spacial score (nSPS) is 10.1. The van der Waals surface area contributed by atoms with E-state index in [0.29, 0.717) is 16.9 Å². The number of carboxylic acids is 1. The maximum atomic E-state index is 12.6. The number of hydrogen-bond acceptors (Lipinski definition) is 4. The molecule has 0 saturated heterocycles. The lowest BCUT2D eigenvalue weighted by molar-refractivity contribution is -0.305. The maximum Gasteiger partial charge on any atom is 0.257 e. The molecule has 130 valence electrons. The zero-order valence-electron chi connectivity index (χ0n) is 13.9. The van der Waals surface area contributed by atoms with E-state index in [1.165, 1.54) is 0 Å². The first-order valence-corrected chi connectivity index (χ1v) is 7.99. The Balaban J connectivity index is 2.15. The van der Waals surface area contributed by atoms with E-state index in [2.05, 4.69) is 10.6 Å². The molecular formula is C19H19N2O4-. The van der Waals surface area contributed by atoms with E-state index < -0.39 is 11.9 Å². The number of carbonyl (C=O) groups is 3. The minimum atomic E-state index is -1.29. The Morgan fingerprint density at radius 1 is 0.880 bits per heavy atom. The quantitative estimate of drug-likeness (QED) is 0.806. The van der Waals surface area contributed by atoms with Crippen molar-refractivity contribution in [3.63, 3.8) is 0 Å². The summed E-state index contributed by atoms with van der Waals surface area (Å²) in [4.78, 5) is 34.8. The van der Waals surface area contributed by atoms with Gasteiger partial charge in [-0.2, -0.15) is 0 Å². The molecule has 0 aliphatic carbocycles. The molecule has 0 atom stereocenters. The van der Waals surface area contributed by atoms with Crippen molar-refractivity contribution in [3.8, 4) is 0 Å². The first-order valence-electron chi connectivity index (χ1n) is 7.99. The van der Waals surface area contributed by atoms with Crippen LogP contribution in [0.2, 0.25) is 0 Å². The summed E-state index contributed by atoms with van der Waals surface area (Å²) in [6.45, 7) is 2.00. The lowest BCUT2D eigenvalue weighted by atomic mass is 10.1. The largest absolute Gasteiger partial charge is 0.550 e. The number of aliphatic carboxylic acids is 1. The number of aryl methyl sites for hydroxylation is 1. The van der Waals surface area contributed by atoms with Crippen molar-refractivity contribution in [1.82, 2.24) is 0 Å². The van der Waals surface area contributed by atoms with Crippen molar-refractivity contribution in [2.24, 2.45) is 0 Å². The molecule has 2 N–H and O–H groups in total. The highest BCUT2D eigenvalue weighted by atomic mass is 16.4. The van der Waals surface area contributed by atoms with Crippen LogP contribution < -0.4 is 15.7 Å². The highest BCUT2D eigenvalue weighted by Gasteiger charge is 2.14. The van der Waals surface area contributed by atoms with Crippen LogP contribution in [0.5, 0.6) is 0 Å². The predicted octanol–water partition coefficient (Wildman–Crippen LogP) is 1.97. The molecule has 0 saturated carbocycles. The molecule has 6 heteroatoms. The molecule has 0 heterocycles. The van der Waals surface area contributed by atoms with Gasteiger partial charge in [-0.1, -0.05) is 37.3 Å². The van der Waals surface area contributed by atoms with Gasteiger partial charge in [0.1, 0.15) is 0 Å². The highest BCUT2D eigenvalue weighted by molar-refractivity contribution is 6.10. The molecule has 2 aromatic carbocycles. The smallest absolute Gasteiger partial charge is 0.257 e. The lowest BCUT2D eigenvalue weighted by Gasteiger charge is -2.13. The van der Waals surface area contributed by atoms with Crippen molar-refractivity contribution >= 4 is 29.2 Å². The first kappa shape index (κ1) is 18.2. The number of amides is 2. The van der Waals surface area contributed by atoms with Gasteiger partial charge in [-0.15, -0.1) is 0 Å². The van der Waals surface area contributed by atoms with Crippen LogP contribution in [0.3, 0.4) is 0 Å². The second-order valence-electron chi connectivity index (χ2n) is 5.43. The summed E-state index contributed by atoms with van der Waals surface area (Å²) < 4.78 is 0. The van der Waals surface area contributed by atoms with Gasteiger partial charge in [-0.05, 0) is 36.6 Å². The summed E-state index contributed by atoms with van der Waals surface area (Å²) in [5.74, 6) is -2.13. The molecular weight excluding hydrogens is 320 g/mol. The van der Waals surface area contributed by atoms with Crippen LogP contribution in [0, 0.1) is 0 Å². The van der Waals surface area contributed by atoms with Crippen molar-refractivity contribution < 1.29 is 19.5 Å². The van der Waals surface area contributed by atoms with Crippen LogP contribution in [0.1, 0.15) is 35.7 Å². The van der Waals surface area contributed by atoms with Crippen LogP contribution in [-0.2, 0) is 16.0 Å². The van der Waals surface area contributed by atoms with Gasteiger partial charge in [-0.3, -0.25) is 9.59 Å². The fourth-order valence-corrected chi connectivity index (χ4v) is 2.36. The molecule has 0 fully saturated rings. The molecule has 0 spiro atoms. The van der Waals surface area contributed by atoms with Crippen LogP contribution in [0.15, 0.2) is 48.5 Å². The van der Waals surface area contributed by atoms with Crippen molar-refractivity contribution in [1.29, 1.82) is 0 Å². The Morgan fingerprint density at radius 2 is 1.52 bits per heavy atom. The predicted molar refractivity (Wildman–Crippen MR) is 93.1 cm³/mol. The Labute approximate surface area is 145 Å². The third kappa shape index (κ3) is 5.17. The molecule has 6 nitrogen and oxygen atoms in total. The minimum absolute atomic E-state index is 0.211. The average Bonchev–Trinajstić information content (AvgIpc) is 2.61. The lowest BCUT2D eigenvalue weighted by Crippen LogP contribution is -2.24. The number of anilines is 2. The molecule has 0 aromatic heterocycles. The van der Waals surface area contributed by atoms with Gasteiger partial charge < -0.3 is 20.5 Å². The number of nitrogens with one attached hydrogen (secondary N) is 2. The van der Waals surface area contributed by atoms with E-state index in [0.717, 1.165) is 12.0 Å². The highest BCUT2D eigenvalue weighted by Crippen LogP contribution is 2.20. The number of carbonyl (C=O) groups excluding carboxylic acids is 3. The maximum absolute atomic E-state index is 12.6. The van der Waals surface area contributed by atoms with Crippen molar-refractivity contribution in [2.45, 2.75) is 26.2 Å². The summed E-state index contributed by atoms with van der Waals surface area (Å²) in [5, 5.41) is 15.9. The number of hydrogen-bond donors (Lipinski definition) is 2. The van der Waals surface area contributed by atoms with Gasteiger partial charge in [0.2, 0.25) is 5.91 Å². The summed E-state index contributed by atoms with van der Waals surface area (Å²) in [6.07, 6.45) is 0.194. The van der Waals surface area contributed by atoms with Crippen LogP contribution >= 0.6 is 0 Å². The number of para-hydroxylation sites is 2. The summed E-state index contributed by atoms with van der Waals surface area (Å²) in [5.41, 5.74) is 2.35. The summed E-state index contributed by atoms with van der Waals surface area (Å²) in [6, 6.07) is 14.1. The molecule has 2 amide bonds. The van der Waals surface area contributed by atoms with Crippen molar-refractivity contribution in [2.75, 3.05) is 10.6 Å². The number of benzene rings is 2. The Bertz CT molecular complexity index is 786. The molecule has 2 rings (SSSR count). The number of carboxylic acid groups (broad SMARTS) is 1. The van der Waals surface area contributed by atoms with Crippen molar-refractivity contribution in [3.05, 3.63) is 59.7 Å². The Morgan fingerprint density at radius 3 is 2.20 bits per heavy atom. The summed E-state index contributed by atoms with van der Waals surface area (Å²) in [7, 11) is 0. The molecule has 0 radical (unpaired) electrons. The average molecular weight is 339 g/mol. The van der Waals surface area contributed by atoms with E-state index in [4.69, 9.17) is 0 Å². The Hall–Kier alpha value is -3.15.